The van der Waals surface area contributed by atoms with Crippen molar-refractivity contribution in [1.29, 1.82) is 0 Å². The molecule has 26 heavy (non-hydrogen) atoms. The molecule has 0 aliphatic carbocycles. The summed E-state index contributed by atoms with van der Waals surface area (Å²) in [7, 11) is 0. The van der Waals surface area contributed by atoms with E-state index >= 15 is 0 Å². The van der Waals surface area contributed by atoms with Gasteiger partial charge in [-0.1, -0.05) is 103 Å². The van der Waals surface area contributed by atoms with E-state index in [1.54, 1.807) is 0 Å². The Morgan fingerprint density at radius 1 is 0.385 bits per heavy atom. The maximum Gasteiger partial charge on any atom is -0.00987 e. The van der Waals surface area contributed by atoms with Crippen molar-refractivity contribution in [2.75, 3.05) is 0 Å². The largest absolute Gasteiger partial charge is 0.0622 e. The second-order valence-corrected chi connectivity index (χ2v) is 6.67. The topological polar surface area (TPSA) is 0 Å². The van der Waals surface area contributed by atoms with Crippen LogP contribution in [0.2, 0.25) is 0 Å². The molecule has 0 heterocycles. The highest BCUT2D eigenvalue weighted by Gasteiger charge is 2.04. The van der Waals surface area contributed by atoms with Gasteiger partial charge in [-0.3, -0.25) is 0 Å². The van der Waals surface area contributed by atoms with E-state index in [0.29, 0.717) is 0 Å². The van der Waals surface area contributed by atoms with Crippen molar-refractivity contribution in [3.8, 4) is 0 Å². The first-order valence-electron chi connectivity index (χ1n) is 8.96. The Balaban J connectivity index is 1.70. The summed E-state index contributed by atoms with van der Waals surface area (Å²) in [5.41, 5.74) is 2.44. The molecule has 0 saturated carbocycles. The monoisotopic (exact) mass is 330 g/mol. The molecule has 122 valence electrons. The van der Waals surface area contributed by atoms with Crippen LogP contribution < -0.4 is 0 Å². The summed E-state index contributed by atoms with van der Waals surface area (Å²) in [6.07, 6.45) is 4.36. The third-order valence-corrected chi connectivity index (χ3v) is 5.04. The molecule has 0 aliphatic rings. The average Bonchev–Trinajstić information content (AvgIpc) is 2.72. The van der Waals surface area contributed by atoms with Crippen LogP contribution in [0.5, 0.6) is 0 Å². The van der Waals surface area contributed by atoms with Crippen LogP contribution in [0.25, 0.3) is 44.5 Å². The lowest BCUT2D eigenvalue weighted by atomic mass is 9.96. The van der Waals surface area contributed by atoms with Gasteiger partial charge in [-0.05, 0) is 49.5 Å². The molecule has 0 aliphatic heterocycles. The van der Waals surface area contributed by atoms with Gasteiger partial charge in [0.2, 0.25) is 0 Å². The molecular weight excluding hydrogens is 312 g/mol. The standard InChI is InChI=1S/C26H18/c1-2-6-19(7-3-1)10-11-20-12-13-22-15-16-24-23-9-5-4-8-21(23)14-17-25(24)26(22)18-20/h1-18H/b11-10+. The van der Waals surface area contributed by atoms with Crippen molar-refractivity contribution < 1.29 is 0 Å². The Hall–Kier alpha value is -3.38. The second-order valence-electron chi connectivity index (χ2n) is 6.67. The Labute approximate surface area is 153 Å². The van der Waals surface area contributed by atoms with Gasteiger partial charge in [0.15, 0.2) is 0 Å². The van der Waals surface area contributed by atoms with Crippen LogP contribution in [0.1, 0.15) is 11.1 Å². The summed E-state index contributed by atoms with van der Waals surface area (Å²) in [4.78, 5) is 0. The van der Waals surface area contributed by atoms with Gasteiger partial charge >= 0.3 is 0 Å². The fourth-order valence-electron chi connectivity index (χ4n) is 3.70. The zero-order valence-electron chi connectivity index (χ0n) is 14.4. The minimum atomic E-state index is 1.22. The normalized spacial score (nSPS) is 11.7. The highest BCUT2D eigenvalue weighted by Crippen LogP contribution is 2.31. The molecule has 0 fully saturated rings. The fraction of sp³-hybridized carbons (Fsp3) is 0. The summed E-state index contributed by atoms with van der Waals surface area (Å²) in [6.45, 7) is 0. The van der Waals surface area contributed by atoms with Crippen LogP contribution in [0, 0.1) is 0 Å². The third-order valence-electron chi connectivity index (χ3n) is 5.04. The first-order valence-corrected chi connectivity index (χ1v) is 8.96. The van der Waals surface area contributed by atoms with E-state index in [9.17, 15) is 0 Å². The molecule has 0 heteroatoms. The molecule has 0 aromatic heterocycles. The number of benzene rings is 5. The van der Waals surface area contributed by atoms with E-state index in [0.717, 1.165) is 0 Å². The number of fused-ring (bicyclic) bond motifs is 5. The average molecular weight is 330 g/mol. The lowest BCUT2D eigenvalue weighted by molar-refractivity contribution is 1.66. The number of hydrogen-bond donors (Lipinski definition) is 0. The highest BCUT2D eigenvalue weighted by atomic mass is 14.1. The van der Waals surface area contributed by atoms with Crippen molar-refractivity contribution in [2.24, 2.45) is 0 Å². The minimum Gasteiger partial charge on any atom is -0.0622 e. The molecule has 5 aromatic rings. The predicted octanol–water partition coefficient (Wildman–Crippen LogP) is 7.32. The molecule has 0 amide bonds. The SMILES string of the molecule is C(=C\c1ccc2ccc3c4ccccc4ccc3c2c1)/c1ccccc1. The van der Waals surface area contributed by atoms with Gasteiger partial charge < -0.3 is 0 Å². The van der Waals surface area contributed by atoms with E-state index in [-0.39, 0.29) is 0 Å². The van der Waals surface area contributed by atoms with Gasteiger partial charge in [-0.25, -0.2) is 0 Å². The zero-order chi connectivity index (χ0) is 17.3. The summed E-state index contributed by atoms with van der Waals surface area (Å²) in [5.74, 6) is 0. The zero-order valence-corrected chi connectivity index (χ0v) is 14.4. The molecule has 5 aromatic carbocycles. The summed E-state index contributed by atoms with van der Waals surface area (Å²) < 4.78 is 0. The molecular formula is C26H18. The first-order chi connectivity index (χ1) is 12.9. The summed E-state index contributed by atoms with van der Waals surface area (Å²) >= 11 is 0. The van der Waals surface area contributed by atoms with Crippen LogP contribution in [0.3, 0.4) is 0 Å². The van der Waals surface area contributed by atoms with Gasteiger partial charge in [0, 0.05) is 0 Å². The Bertz CT molecular complexity index is 1260. The fourth-order valence-corrected chi connectivity index (χ4v) is 3.70. The molecule has 0 radical (unpaired) electrons. The Morgan fingerprint density at radius 3 is 1.85 bits per heavy atom. The minimum absolute atomic E-state index is 1.22. The van der Waals surface area contributed by atoms with Crippen LogP contribution in [0.4, 0.5) is 0 Å². The lowest BCUT2D eigenvalue weighted by Crippen LogP contribution is -1.82. The van der Waals surface area contributed by atoms with Crippen molar-refractivity contribution in [3.05, 3.63) is 108 Å². The van der Waals surface area contributed by atoms with Gasteiger partial charge in [-0.15, -0.1) is 0 Å². The van der Waals surface area contributed by atoms with E-state index in [1.807, 2.05) is 6.07 Å². The third kappa shape index (κ3) is 2.57. The van der Waals surface area contributed by atoms with Crippen molar-refractivity contribution in [1.82, 2.24) is 0 Å². The Kier molecular flexibility index (Phi) is 3.54. The van der Waals surface area contributed by atoms with E-state index in [4.69, 9.17) is 0 Å². The van der Waals surface area contributed by atoms with Crippen molar-refractivity contribution in [3.63, 3.8) is 0 Å². The van der Waals surface area contributed by atoms with E-state index in [1.165, 1.54) is 43.4 Å². The maximum atomic E-state index is 2.30. The van der Waals surface area contributed by atoms with Crippen molar-refractivity contribution >= 4 is 44.5 Å². The Morgan fingerprint density at radius 2 is 1.00 bits per heavy atom. The van der Waals surface area contributed by atoms with E-state index < -0.39 is 0 Å². The van der Waals surface area contributed by atoms with Gasteiger partial charge in [0.1, 0.15) is 0 Å². The number of hydrogen-bond acceptors (Lipinski definition) is 0. The van der Waals surface area contributed by atoms with Crippen LogP contribution >= 0.6 is 0 Å². The first kappa shape index (κ1) is 14.9. The molecule has 5 rings (SSSR count). The second kappa shape index (κ2) is 6.16. The van der Waals surface area contributed by atoms with Gasteiger partial charge in [0.05, 0.1) is 0 Å². The number of rotatable bonds is 2. The van der Waals surface area contributed by atoms with Crippen LogP contribution in [0.15, 0.2) is 97.1 Å². The van der Waals surface area contributed by atoms with E-state index in [2.05, 4.69) is 103 Å². The van der Waals surface area contributed by atoms with Crippen LogP contribution in [-0.2, 0) is 0 Å². The summed E-state index contributed by atoms with van der Waals surface area (Å²) in [6, 6.07) is 34.7. The van der Waals surface area contributed by atoms with Gasteiger partial charge in [-0.2, -0.15) is 0 Å². The predicted molar refractivity (Wildman–Crippen MR) is 114 cm³/mol. The molecule has 0 bridgehead atoms. The molecule has 0 unspecified atom stereocenters. The quantitative estimate of drug-likeness (QED) is 0.235. The molecule has 0 nitrogen and oxygen atoms in total. The smallest absolute Gasteiger partial charge is 0.00987 e. The molecule has 0 N–H and O–H groups in total. The summed E-state index contributed by atoms with van der Waals surface area (Å²) in [5, 5.41) is 7.83. The lowest BCUT2D eigenvalue weighted by Gasteiger charge is -2.08. The molecule has 0 saturated heterocycles. The molecule has 0 spiro atoms. The highest BCUT2D eigenvalue weighted by molar-refractivity contribution is 6.17. The maximum absolute atomic E-state index is 2.30. The van der Waals surface area contributed by atoms with Crippen LogP contribution in [-0.4, -0.2) is 0 Å². The van der Waals surface area contributed by atoms with Crippen molar-refractivity contribution in [2.45, 2.75) is 0 Å². The van der Waals surface area contributed by atoms with Gasteiger partial charge in [0.25, 0.3) is 0 Å². The molecule has 0 atom stereocenters.